The summed E-state index contributed by atoms with van der Waals surface area (Å²) in [6.07, 6.45) is 70.8. The third kappa shape index (κ3) is 56.8. The Morgan fingerprint density at radius 3 is 0.714 bits per heavy atom. The molecule has 0 aromatic carbocycles. The smallest absolute Gasteiger partial charge is 0.306 e. The standard InChI is InChI=1S/C64H120O6/c1-4-7-10-13-16-18-20-22-24-26-28-30-32-34-36-38-40-42-44-46-48-51-54-57-63(66)69-60-61(59-68-62(65)56-53-50-15-12-9-6-3)70-64(67)58-55-52-49-47-45-43-41-39-37-35-33-31-29-27-25-23-21-19-17-14-11-8-5-2/h26-29,61H,4-25,30-60H2,1-3H3/b28-26-,29-27-. The van der Waals surface area contributed by atoms with Gasteiger partial charge in [0, 0.05) is 19.3 Å². The maximum absolute atomic E-state index is 12.8. The van der Waals surface area contributed by atoms with E-state index in [-0.39, 0.29) is 31.1 Å². The van der Waals surface area contributed by atoms with E-state index < -0.39 is 6.10 Å². The summed E-state index contributed by atoms with van der Waals surface area (Å²) < 4.78 is 16.8. The third-order valence-electron chi connectivity index (χ3n) is 14.2. The summed E-state index contributed by atoms with van der Waals surface area (Å²) in [5.41, 5.74) is 0. The number of ether oxygens (including phenoxy) is 3. The molecule has 0 N–H and O–H groups in total. The Hall–Kier alpha value is -2.11. The molecule has 0 aromatic rings. The summed E-state index contributed by atoms with van der Waals surface area (Å²) in [5.74, 6) is -0.859. The lowest BCUT2D eigenvalue weighted by Crippen LogP contribution is -2.30. The predicted octanol–water partition coefficient (Wildman–Crippen LogP) is 21.1. The Bertz CT molecular complexity index is 1130. The number of carbonyl (C=O) groups is 3. The molecule has 412 valence electrons. The van der Waals surface area contributed by atoms with Crippen molar-refractivity contribution >= 4 is 17.9 Å². The molecule has 70 heavy (non-hydrogen) atoms. The van der Waals surface area contributed by atoms with Gasteiger partial charge in [0.15, 0.2) is 6.10 Å². The van der Waals surface area contributed by atoms with Gasteiger partial charge in [-0.05, 0) is 70.6 Å². The lowest BCUT2D eigenvalue weighted by molar-refractivity contribution is -0.167. The van der Waals surface area contributed by atoms with Crippen LogP contribution in [0.2, 0.25) is 0 Å². The van der Waals surface area contributed by atoms with Crippen LogP contribution in [0.1, 0.15) is 348 Å². The van der Waals surface area contributed by atoms with Gasteiger partial charge in [0.1, 0.15) is 13.2 Å². The van der Waals surface area contributed by atoms with Gasteiger partial charge >= 0.3 is 17.9 Å². The summed E-state index contributed by atoms with van der Waals surface area (Å²) in [6.45, 7) is 6.63. The second-order valence-corrected chi connectivity index (χ2v) is 21.3. The van der Waals surface area contributed by atoms with Crippen LogP contribution in [0.15, 0.2) is 24.3 Å². The Morgan fingerprint density at radius 1 is 0.271 bits per heavy atom. The van der Waals surface area contributed by atoms with E-state index in [9.17, 15) is 14.4 Å². The fraction of sp³-hybridized carbons (Fsp3) is 0.891. The number of unbranched alkanes of at least 4 members (excludes halogenated alkanes) is 43. The first-order valence-electron chi connectivity index (χ1n) is 31.3. The summed E-state index contributed by atoms with van der Waals surface area (Å²) >= 11 is 0. The van der Waals surface area contributed by atoms with E-state index >= 15 is 0 Å². The van der Waals surface area contributed by atoms with Gasteiger partial charge in [-0.25, -0.2) is 0 Å². The molecule has 0 saturated heterocycles. The van der Waals surface area contributed by atoms with Gasteiger partial charge in [0.05, 0.1) is 0 Å². The minimum Gasteiger partial charge on any atom is -0.462 e. The van der Waals surface area contributed by atoms with Gasteiger partial charge in [-0.2, -0.15) is 0 Å². The van der Waals surface area contributed by atoms with Crippen LogP contribution < -0.4 is 0 Å². The molecule has 0 radical (unpaired) electrons. The normalized spacial score (nSPS) is 12.1. The van der Waals surface area contributed by atoms with E-state index in [4.69, 9.17) is 14.2 Å². The second-order valence-electron chi connectivity index (χ2n) is 21.3. The van der Waals surface area contributed by atoms with Crippen molar-refractivity contribution in [3.05, 3.63) is 24.3 Å². The molecule has 0 saturated carbocycles. The molecule has 0 bridgehead atoms. The number of hydrogen-bond donors (Lipinski definition) is 0. The highest BCUT2D eigenvalue weighted by atomic mass is 16.6. The first kappa shape index (κ1) is 67.9. The number of esters is 3. The van der Waals surface area contributed by atoms with Crippen molar-refractivity contribution in [1.82, 2.24) is 0 Å². The second kappa shape index (κ2) is 59.5. The van der Waals surface area contributed by atoms with E-state index in [1.54, 1.807) is 0 Å². The largest absolute Gasteiger partial charge is 0.462 e. The third-order valence-corrected chi connectivity index (χ3v) is 14.2. The van der Waals surface area contributed by atoms with Crippen molar-refractivity contribution in [2.45, 2.75) is 354 Å². The predicted molar refractivity (Wildman–Crippen MR) is 303 cm³/mol. The lowest BCUT2D eigenvalue weighted by Gasteiger charge is -2.18. The van der Waals surface area contributed by atoms with Crippen molar-refractivity contribution in [1.29, 1.82) is 0 Å². The zero-order chi connectivity index (χ0) is 50.7. The first-order valence-corrected chi connectivity index (χ1v) is 31.3. The molecular weight excluding hydrogens is 865 g/mol. The molecule has 0 aromatic heterocycles. The molecule has 0 aliphatic carbocycles. The zero-order valence-electron chi connectivity index (χ0n) is 47.3. The molecule has 0 heterocycles. The quantitative estimate of drug-likeness (QED) is 0.0261. The number of carbonyl (C=O) groups excluding carboxylic acids is 3. The lowest BCUT2D eigenvalue weighted by atomic mass is 10.0. The molecule has 0 spiro atoms. The van der Waals surface area contributed by atoms with Crippen LogP contribution in [-0.4, -0.2) is 37.2 Å². The van der Waals surface area contributed by atoms with Crippen molar-refractivity contribution in [2.24, 2.45) is 0 Å². The van der Waals surface area contributed by atoms with Gasteiger partial charge in [-0.3, -0.25) is 14.4 Å². The summed E-state index contributed by atoms with van der Waals surface area (Å²) in [6, 6.07) is 0. The van der Waals surface area contributed by atoms with Crippen LogP contribution in [0, 0.1) is 0 Å². The van der Waals surface area contributed by atoms with Crippen molar-refractivity contribution < 1.29 is 28.6 Å². The van der Waals surface area contributed by atoms with Crippen molar-refractivity contribution in [3.63, 3.8) is 0 Å². The van der Waals surface area contributed by atoms with Crippen LogP contribution in [0.25, 0.3) is 0 Å². The number of rotatable bonds is 58. The fourth-order valence-corrected chi connectivity index (χ4v) is 9.44. The highest BCUT2D eigenvalue weighted by molar-refractivity contribution is 5.71. The molecule has 0 rings (SSSR count). The topological polar surface area (TPSA) is 78.9 Å². The fourth-order valence-electron chi connectivity index (χ4n) is 9.44. The molecule has 6 nitrogen and oxygen atoms in total. The first-order chi connectivity index (χ1) is 34.5. The highest BCUT2D eigenvalue weighted by Gasteiger charge is 2.19. The Balaban J connectivity index is 4.06. The van der Waals surface area contributed by atoms with Crippen LogP contribution >= 0.6 is 0 Å². The molecule has 1 unspecified atom stereocenters. The molecule has 6 heteroatoms. The number of hydrogen-bond acceptors (Lipinski definition) is 6. The van der Waals surface area contributed by atoms with E-state index in [1.807, 2.05) is 0 Å². The molecule has 0 fully saturated rings. The highest BCUT2D eigenvalue weighted by Crippen LogP contribution is 2.17. The van der Waals surface area contributed by atoms with E-state index in [0.717, 1.165) is 57.8 Å². The molecular formula is C64H120O6. The van der Waals surface area contributed by atoms with Crippen LogP contribution in [0.3, 0.4) is 0 Å². The van der Waals surface area contributed by atoms with E-state index in [2.05, 4.69) is 45.1 Å². The van der Waals surface area contributed by atoms with Gasteiger partial charge in [0.2, 0.25) is 0 Å². The molecule has 1 atom stereocenters. The minimum absolute atomic E-state index is 0.0681. The summed E-state index contributed by atoms with van der Waals surface area (Å²) in [7, 11) is 0. The molecule has 0 aliphatic rings. The van der Waals surface area contributed by atoms with Gasteiger partial charge < -0.3 is 14.2 Å². The molecule has 0 amide bonds. The maximum Gasteiger partial charge on any atom is 0.306 e. The number of allylic oxidation sites excluding steroid dienone is 4. The van der Waals surface area contributed by atoms with Gasteiger partial charge in [-0.15, -0.1) is 0 Å². The Labute approximate surface area is 436 Å². The van der Waals surface area contributed by atoms with Crippen LogP contribution in [-0.2, 0) is 28.6 Å². The SMILES string of the molecule is CCCCCCCCCC/C=C\CCCCCCCCCCCCCC(=O)OCC(COC(=O)CCCCCCCC)OC(=O)CCCCCCCCCCCCC/C=C\CCCCCCCCCC. The van der Waals surface area contributed by atoms with Crippen molar-refractivity contribution in [3.8, 4) is 0 Å². The Kier molecular flexibility index (Phi) is 57.7. The van der Waals surface area contributed by atoms with E-state index in [1.165, 1.54) is 250 Å². The summed E-state index contributed by atoms with van der Waals surface area (Å²) in [4.78, 5) is 38.0. The van der Waals surface area contributed by atoms with E-state index in [0.29, 0.717) is 19.3 Å². The Morgan fingerprint density at radius 2 is 0.471 bits per heavy atom. The minimum atomic E-state index is -0.767. The van der Waals surface area contributed by atoms with Crippen molar-refractivity contribution in [2.75, 3.05) is 13.2 Å². The van der Waals surface area contributed by atoms with Crippen LogP contribution in [0.4, 0.5) is 0 Å². The zero-order valence-corrected chi connectivity index (χ0v) is 47.3. The van der Waals surface area contributed by atoms with Crippen LogP contribution in [0.5, 0.6) is 0 Å². The van der Waals surface area contributed by atoms with Gasteiger partial charge in [0.25, 0.3) is 0 Å². The monoisotopic (exact) mass is 985 g/mol. The average molecular weight is 986 g/mol. The summed E-state index contributed by atoms with van der Waals surface area (Å²) in [5, 5.41) is 0. The average Bonchev–Trinajstić information content (AvgIpc) is 3.36. The van der Waals surface area contributed by atoms with Gasteiger partial charge in [-0.1, -0.05) is 283 Å². The molecule has 0 aliphatic heterocycles. The maximum atomic E-state index is 12.8.